The van der Waals surface area contributed by atoms with Crippen LogP contribution in [-0.2, 0) is 13.1 Å². The van der Waals surface area contributed by atoms with Gasteiger partial charge in [-0.3, -0.25) is 0 Å². The second kappa shape index (κ2) is 8.46. The van der Waals surface area contributed by atoms with Gasteiger partial charge >= 0.3 is 0 Å². The van der Waals surface area contributed by atoms with Gasteiger partial charge in [0.05, 0.1) is 0 Å². The molecule has 3 nitrogen and oxygen atoms in total. The van der Waals surface area contributed by atoms with E-state index in [0.717, 1.165) is 28.6 Å². The molecule has 6 heteroatoms. The molecule has 1 N–H and O–H groups in total. The molecule has 0 aliphatic rings. The lowest BCUT2D eigenvalue weighted by atomic mass is 9.96. The number of halogens is 2. The van der Waals surface area contributed by atoms with E-state index >= 15 is 4.39 Å². The van der Waals surface area contributed by atoms with Crippen LogP contribution >= 0.6 is 23.7 Å². The molecule has 0 bridgehead atoms. The molecule has 0 amide bonds. The van der Waals surface area contributed by atoms with Gasteiger partial charge in [0.1, 0.15) is 5.82 Å². The van der Waals surface area contributed by atoms with E-state index in [4.69, 9.17) is 11.6 Å². The smallest absolute Gasteiger partial charge is 0.131 e. The molecule has 0 aliphatic carbocycles. The van der Waals surface area contributed by atoms with Gasteiger partial charge in [0.2, 0.25) is 0 Å². The van der Waals surface area contributed by atoms with Gasteiger partial charge in [-0.2, -0.15) is 0 Å². The third-order valence-electron chi connectivity index (χ3n) is 4.37. The summed E-state index contributed by atoms with van der Waals surface area (Å²) in [6, 6.07) is 11.0. The van der Waals surface area contributed by atoms with Gasteiger partial charge in [0.15, 0.2) is 0 Å². The monoisotopic (exact) mass is 419 g/mol. The molecule has 1 aromatic heterocycles. The van der Waals surface area contributed by atoms with E-state index in [2.05, 4.69) is 36.3 Å². The Kier molecular flexibility index (Phi) is 6.40. The minimum absolute atomic E-state index is 0.105. The number of nitrogens with one attached hydrogen (secondary N) is 1. The predicted octanol–water partition coefficient (Wildman–Crippen LogP) is 6.36. The molecule has 0 fully saturated rings. The maximum Gasteiger partial charge on any atom is 0.131 e. The molecule has 28 heavy (non-hydrogen) atoms. The Morgan fingerprint density at radius 2 is 1.86 bits per heavy atom. The highest BCUT2D eigenvalue weighted by molar-refractivity contribution is 7.95. The third-order valence-corrected chi connectivity index (χ3v) is 5.34. The first-order valence-corrected chi connectivity index (χ1v) is 10.4. The van der Waals surface area contributed by atoms with Crippen LogP contribution in [0, 0.1) is 11.2 Å². The predicted molar refractivity (Wildman–Crippen MR) is 120 cm³/mol. The van der Waals surface area contributed by atoms with Gasteiger partial charge < -0.3 is 4.57 Å². The Morgan fingerprint density at radius 3 is 2.50 bits per heavy atom. The fourth-order valence-electron chi connectivity index (χ4n) is 3.29. The molecule has 0 atom stereocenters. The number of aromatic nitrogens is 1. The lowest BCUT2D eigenvalue weighted by molar-refractivity contribution is 0.349. The van der Waals surface area contributed by atoms with Crippen LogP contribution in [0.3, 0.4) is 0 Å². The highest BCUT2D eigenvalue weighted by atomic mass is 35.5. The summed E-state index contributed by atoms with van der Waals surface area (Å²) in [5, 5.41) is 1.49. The summed E-state index contributed by atoms with van der Waals surface area (Å²) in [5.41, 5.74) is 3.47. The van der Waals surface area contributed by atoms with Gasteiger partial charge in [-0.05, 0) is 43.3 Å². The fourth-order valence-corrected chi connectivity index (χ4v) is 4.01. The van der Waals surface area contributed by atoms with Crippen LogP contribution in [0.15, 0.2) is 42.6 Å². The summed E-state index contributed by atoms with van der Waals surface area (Å²) < 4.78 is 22.6. The topological polar surface area (TPSA) is 20.2 Å². The second-order valence-electron chi connectivity index (χ2n) is 8.40. The van der Waals surface area contributed by atoms with Crippen LogP contribution in [0.5, 0.6) is 0 Å². The van der Waals surface area contributed by atoms with E-state index in [1.54, 1.807) is 12.1 Å². The van der Waals surface area contributed by atoms with Gasteiger partial charge in [-0.25, -0.2) is 13.4 Å². The average Bonchev–Trinajstić information content (AvgIpc) is 2.89. The number of rotatable bonds is 6. The van der Waals surface area contributed by atoms with Crippen LogP contribution in [0.1, 0.15) is 26.3 Å². The first kappa shape index (κ1) is 21.2. The molecule has 0 spiro atoms. The maximum atomic E-state index is 15.1. The molecule has 0 radical (unpaired) electrons. The van der Waals surface area contributed by atoms with Gasteiger partial charge in [-0.1, -0.05) is 50.6 Å². The third kappa shape index (κ3) is 4.90. The fraction of sp³-hybridized carbons (Fsp3) is 0.364. The van der Waals surface area contributed by atoms with Crippen LogP contribution in [-0.4, -0.2) is 23.0 Å². The lowest BCUT2D eigenvalue weighted by Gasteiger charge is -2.20. The van der Waals surface area contributed by atoms with Crippen molar-refractivity contribution in [1.29, 1.82) is 0 Å². The normalized spacial score (nSPS) is 12.3. The molecule has 2 aromatic carbocycles. The summed E-state index contributed by atoms with van der Waals surface area (Å²) in [4.78, 5) is 0. The molecule has 3 rings (SSSR count). The number of benzene rings is 2. The molecule has 150 valence electrons. The summed E-state index contributed by atoms with van der Waals surface area (Å²) in [6.45, 7) is 8.12. The van der Waals surface area contributed by atoms with Crippen LogP contribution in [0.2, 0.25) is 5.02 Å². The first-order valence-electron chi connectivity index (χ1n) is 9.29. The molecule has 3 aromatic rings. The van der Waals surface area contributed by atoms with Crippen molar-refractivity contribution in [2.75, 3.05) is 14.1 Å². The van der Waals surface area contributed by atoms with Crippen molar-refractivity contribution in [3.8, 4) is 11.1 Å². The quantitative estimate of drug-likeness (QED) is 0.469. The SMILES string of the molecule is CN(C)SNCc1cn(CC(C)(C)C)c2cc(-c3ccccc3Cl)c(F)cc12. The Labute approximate surface area is 176 Å². The molecule has 1 heterocycles. The van der Waals surface area contributed by atoms with Crippen molar-refractivity contribution in [2.24, 2.45) is 5.41 Å². The lowest BCUT2D eigenvalue weighted by Crippen LogP contribution is -2.15. The van der Waals surface area contributed by atoms with Crippen molar-refractivity contribution < 1.29 is 4.39 Å². The number of nitrogens with zero attached hydrogens (tertiary/aromatic N) is 2. The molecule has 0 unspecified atom stereocenters. The van der Waals surface area contributed by atoms with E-state index in [1.165, 1.54) is 12.1 Å². The Morgan fingerprint density at radius 1 is 1.14 bits per heavy atom. The number of fused-ring (bicyclic) bond motifs is 1. The van der Waals surface area contributed by atoms with Gasteiger partial charge in [0.25, 0.3) is 0 Å². The summed E-state index contributed by atoms with van der Waals surface area (Å²) in [5.74, 6) is -0.254. The first-order chi connectivity index (χ1) is 13.2. The van der Waals surface area contributed by atoms with E-state index in [1.807, 2.05) is 42.7 Å². The maximum absolute atomic E-state index is 15.1. The van der Waals surface area contributed by atoms with Crippen LogP contribution < -0.4 is 4.72 Å². The van der Waals surface area contributed by atoms with Crippen LogP contribution in [0.25, 0.3) is 22.0 Å². The van der Waals surface area contributed by atoms with Gasteiger partial charge in [-0.15, -0.1) is 0 Å². The zero-order chi connectivity index (χ0) is 20.5. The van der Waals surface area contributed by atoms with Crippen molar-refractivity contribution in [2.45, 2.75) is 33.9 Å². The van der Waals surface area contributed by atoms with Crippen LogP contribution in [0.4, 0.5) is 4.39 Å². The number of hydrogen-bond acceptors (Lipinski definition) is 3. The van der Waals surface area contributed by atoms with E-state index in [9.17, 15) is 0 Å². The largest absolute Gasteiger partial charge is 0.347 e. The van der Waals surface area contributed by atoms with Gasteiger partial charge in [0, 0.05) is 58.5 Å². The van der Waals surface area contributed by atoms with Crippen molar-refractivity contribution in [3.63, 3.8) is 0 Å². The molecular weight excluding hydrogens is 393 g/mol. The van der Waals surface area contributed by atoms with Crippen molar-refractivity contribution in [1.82, 2.24) is 13.6 Å². The zero-order valence-corrected chi connectivity index (χ0v) is 18.6. The molecule has 0 saturated heterocycles. The standard InChI is InChI=1S/C22H27ClFN3S/c1-22(2,3)14-27-13-15(12-25-28-26(4)5)17-10-20(24)18(11-21(17)27)16-8-6-7-9-19(16)23/h6-11,13,25H,12,14H2,1-5H3. The summed E-state index contributed by atoms with van der Waals surface area (Å²) >= 11 is 7.87. The number of hydrogen-bond donors (Lipinski definition) is 1. The van der Waals surface area contributed by atoms with E-state index in [0.29, 0.717) is 17.1 Å². The minimum atomic E-state index is -0.254. The highest BCUT2D eigenvalue weighted by Gasteiger charge is 2.19. The van der Waals surface area contributed by atoms with Crippen molar-refractivity contribution in [3.05, 3.63) is 59.0 Å². The van der Waals surface area contributed by atoms with Crippen molar-refractivity contribution >= 4 is 34.6 Å². The Bertz CT molecular complexity index is 976. The minimum Gasteiger partial charge on any atom is -0.347 e. The van der Waals surface area contributed by atoms with E-state index in [-0.39, 0.29) is 11.2 Å². The molecule has 0 saturated carbocycles. The summed E-state index contributed by atoms with van der Waals surface area (Å²) in [6.07, 6.45) is 2.13. The highest BCUT2D eigenvalue weighted by Crippen LogP contribution is 2.35. The zero-order valence-electron chi connectivity index (χ0n) is 17.0. The Hall–Kier alpha value is -1.53. The summed E-state index contributed by atoms with van der Waals surface area (Å²) in [7, 11) is 3.96. The second-order valence-corrected chi connectivity index (χ2v) is 10.0. The van der Waals surface area contributed by atoms with E-state index < -0.39 is 0 Å². The Balaban J connectivity index is 2.11. The average molecular weight is 420 g/mol. The molecular formula is C22H27ClFN3S. The molecule has 0 aliphatic heterocycles.